The van der Waals surface area contributed by atoms with E-state index in [0.717, 1.165) is 61.4 Å². The van der Waals surface area contributed by atoms with Crippen molar-refractivity contribution in [3.05, 3.63) is 29.5 Å². The first kappa shape index (κ1) is 19.0. The molecule has 0 bridgehead atoms. The summed E-state index contributed by atoms with van der Waals surface area (Å²) in [6.07, 6.45) is 7.89. The van der Waals surface area contributed by atoms with Gasteiger partial charge in [-0.1, -0.05) is 0 Å². The lowest BCUT2D eigenvalue weighted by Crippen LogP contribution is -2.29. The van der Waals surface area contributed by atoms with Crippen LogP contribution in [-0.2, 0) is 12.8 Å². The lowest BCUT2D eigenvalue weighted by molar-refractivity contribution is 0.126. The molecule has 1 aromatic carbocycles. The van der Waals surface area contributed by atoms with Gasteiger partial charge in [0.15, 0.2) is 17.3 Å². The molecule has 0 spiro atoms. The van der Waals surface area contributed by atoms with E-state index in [1.54, 1.807) is 14.2 Å². The van der Waals surface area contributed by atoms with Crippen LogP contribution in [0.4, 0.5) is 5.82 Å². The Morgan fingerprint density at radius 1 is 0.964 bits per heavy atom. The van der Waals surface area contributed by atoms with Gasteiger partial charge in [0.05, 0.1) is 20.3 Å². The van der Waals surface area contributed by atoms with E-state index in [1.807, 2.05) is 18.2 Å². The Kier molecular flexibility index (Phi) is 5.67. The molecule has 1 aromatic heterocycles. The number of aryl methyl sites for hydroxylation is 1. The standard InChI is InChI=1S/C22H29N3O3/c1-27-19-12-7-14(13-20(19)28-2)21-24-18-6-4-3-5-17(18)22(25-21)23-15-8-10-16(26)11-9-15/h7,12-13,15-16,26H,3-6,8-11H2,1-2H3,(H,23,24,25). The van der Waals surface area contributed by atoms with Crippen molar-refractivity contribution in [1.82, 2.24) is 9.97 Å². The van der Waals surface area contributed by atoms with E-state index in [4.69, 9.17) is 19.4 Å². The summed E-state index contributed by atoms with van der Waals surface area (Å²) in [5.41, 5.74) is 3.35. The summed E-state index contributed by atoms with van der Waals surface area (Å²) in [5, 5.41) is 13.5. The van der Waals surface area contributed by atoms with Crippen molar-refractivity contribution in [2.75, 3.05) is 19.5 Å². The normalized spacial score (nSPS) is 21.7. The molecule has 2 N–H and O–H groups in total. The van der Waals surface area contributed by atoms with E-state index in [2.05, 4.69) is 5.32 Å². The van der Waals surface area contributed by atoms with Gasteiger partial charge in [-0.15, -0.1) is 0 Å². The number of nitrogens with one attached hydrogen (secondary N) is 1. The number of benzene rings is 1. The van der Waals surface area contributed by atoms with Crippen molar-refractivity contribution in [2.24, 2.45) is 0 Å². The predicted molar refractivity (Wildman–Crippen MR) is 109 cm³/mol. The molecule has 2 aliphatic carbocycles. The molecular weight excluding hydrogens is 354 g/mol. The Morgan fingerprint density at radius 2 is 1.71 bits per heavy atom. The second-order valence-corrected chi connectivity index (χ2v) is 7.75. The van der Waals surface area contributed by atoms with E-state index >= 15 is 0 Å². The van der Waals surface area contributed by atoms with Crippen LogP contribution in [0, 0.1) is 0 Å². The number of aromatic nitrogens is 2. The highest BCUT2D eigenvalue weighted by molar-refractivity contribution is 5.64. The number of anilines is 1. The van der Waals surface area contributed by atoms with Crippen molar-refractivity contribution in [3.63, 3.8) is 0 Å². The number of ether oxygens (including phenoxy) is 2. The molecule has 6 heteroatoms. The monoisotopic (exact) mass is 383 g/mol. The Hall–Kier alpha value is -2.34. The molecule has 1 saturated carbocycles. The summed E-state index contributed by atoms with van der Waals surface area (Å²) < 4.78 is 10.8. The van der Waals surface area contributed by atoms with Crippen molar-refractivity contribution in [1.29, 1.82) is 0 Å². The fourth-order valence-electron chi connectivity index (χ4n) is 4.23. The molecule has 0 saturated heterocycles. The Bertz CT molecular complexity index is 832. The molecule has 150 valence electrons. The van der Waals surface area contributed by atoms with Crippen molar-refractivity contribution in [2.45, 2.75) is 63.5 Å². The fraction of sp³-hybridized carbons (Fsp3) is 0.545. The van der Waals surface area contributed by atoms with Crippen LogP contribution in [0.25, 0.3) is 11.4 Å². The van der Waals surface area contributed by atoms with Gasteiger partial charge in [0.1, 0.15) is 5.82 Å². The minimum Gasteiger partial charge on any atom is -0.493 e. The van der Waals surface area contributed by atoms with Gasteiger partial charge in [-0.25, -0.2) is 9.97 Å². The summed E-state index contributed by atoms with van der Waals surface area (Å²) in [7, 11) is 3.27. The van der Waals surface area contributed by atoms with Gasteiger partial charge in [-0.2, -0.15) is 0 Å². The number of hydrogen-bond donors (Lipinski definition) is 2. The number of aliphatic hydroxyl groups excluding tert-OH is 1. The minimum absolute atomic E-state index is 0.153. The van der Waals surface area contributed by atoms with Gasteiger partial charge in [-0.3, -0.25) is 0 Å². The zero-order valence-corrected chi connectivity index (χ0v) is 16.7. The maximum atomic E-state index is 9.79. The van der Waals surface area contributed by atoms with Crippen LogP contribution in [0.5, 0.6) is 11.5 Å². The van der Waals surface area contributed by atoms with Crippen molar-refractivity contribution < 1.29 is 14.6 Å². The third-order valence-electron chi connectivity index (χ3n) is 5.86. The maximum Gasteiger partial charge on any atom is 0.161 e. The van der Waals surface area contributed by atoms with Crippen LogP contribution < -0.4 is 14.8 Å². The first-order chi connectivity index (χ1) is 13.7. The van der Waals surface area contributed by atoms with Crippen LogP contribution in [0.3, 0.4) is 0 Å². The van der Waals surface area contributed by atoms with Crippen LogP contribution in [0.2, 0.25) is 0 Å². The van der Waals surface area contributed by atoms with E-state index < -0.39 is 0 Å². The van der Waals surface area contributed by atoms with Gasteiger partial charge in [0.25, 0.3) is 0 Å². The van der Waals surface area contributed by atoms with Crippen molar-refractivity contribution in [3.8, 4) is 22.9 Å². The third-order valence-corrected chi connectivity index (χ3v) is 5.86. The third kappa shape index (κ3) is 3.92. The average molecular weight is 383 g/mol. The molecule has 6 nitrogen and oxygen atoms in total. The topological polar surface area (TPSA) is 76.5 Å². The second-order valence-electron chi connectivity index (χ2n) is 7.75. The van der Waals surface area contributed by atoms with Crippen LogP contribution in [-0.4, -0.2) is 41.4 Å². The van der Waals surface area contributed by atoms with Gasteiger partial charge < -0.3 is 19.9 Å². The Balaban J connectivity index is 1.68. The van der Waals surface area contributed by atoms with Crippen LogP contribution in [0.1, 0.15) is 49.8 Å². The molecule has 0 aliphatic heterocycles. The quantitative estimate of drug-likeness (QED) is 0.819. The van der Waals surface area contributed by atoms with E-state index in [0.29, 0.717) is 17.5 Å². The highest BCUT2D eigenvalue weighted by Crippen LogP contribution is 2.34. The first-order valence-corrected chi connectivity index (χ1v) is 10.2. The number of aliphatic hydroxyl groups is 1. The van der Waals surface area contributed by atoms with Gasteiger partial charge in [0.2, 0.25) is 0 Å². The lowest BCUT2D eigenvalue weighted by Gasteiger charge is -2.28. The summed E-state index contributed by atoms with van der Waals surface area (Å²) in [6, 6.07) is 6.17. The molecule has 4 rings (SSSR count). The molecule has 0 atom stereocenters. The smallest absolute Gasteiger partial charge is 0.161 e. The molecule has 0 radical (unpaired) electrons. The number of fused-ring (bicyclic) bond motifs is 1. The predicted octanol–water partition coefficient (Wildman–Crippen LogP) is 3.76. The molecule has 1 fully saturated rings. The number of hydrogen-bond acceptors (Lipinski definition) is 6. The van der Waals surface area contributed by atoms with Crippen molar-refractivity contribution >= 4 is 5.82 Å². The maximum absolute atomic E-state index is 9.79. The molecular formula is C22H29N3O3. The zero-order valence-electron chi connectivity index (χ0n) is 16.7. The van der Waals surface area contributed by atoms with Crippen LogP contribution in [0.15, 0.2) is 18.2 Å². The van der Waals surface area contributed by atoms with Crippen LogP contribution >= 0.6 is 0 Å². The fourth-order valence-corrected chi connectivity index (χ4v) is 4.23. The zero-order chi connectivity index (χ0) is 19.5. The molecule has 0 amide bonds. The highest BCUT2D eigenvalue weighted by atomic mass is 16.5. The van der Waals surface area contributed by atoms with Gasteiger partial charge in [0, 0.05) is 22.9 Å². The summed E-state index contributed by atoms with van der Waals surface area (Å²) >= 11 is 0. The highest BCUT2D eigenvalue weighted by Gasteiger charge is 2.24. The summed E-state index contributed by atoms with van der Waals surface area (Å²) in [5.74, 6) is 3.07. The number of rotatable bonds is 5. The molecule has 28 heavy (non-hydrogen) atoms. The first-order valence-electron chi connectivity index (χ1n) is 10.2. The largest absolute Gasteiger partial charge is 0.493 e. The molecule has 2 aromatic rings. The second kappa shape index (κ2) is 8.35. The Morgan fingerprint density at radius 3 is 2.46 bits per heavy atom. The lowest BCUT2D eigenvalue weighted by atomic mass is 9.92. The van der Waals surface area contributed by atoms with Gasteiger partial charge in [-0.05, 0) is 69.6 Å². The number of methoxy groups -OCH3 is 2. The molecule has 0 unspecified atom stereocenters. The molecule has 2 aliphatic rings. The average Bonchev–Trinajstić information content (AvgIpc) is 2.74. The summed E-state index contributed by atoms with van der Waals surface area (Å²) in [4.78, 5) is 9.81. The Labute approximate surface area is 166 Å². The molecule has 1 heterocycles. The van der Waals surface area contributed by atoms with E-state index in [9.17, 15) is 5.11 Å². The van der Waals surface area contributed by atoms with Gasteiger partial charge >= 0.3 is 0 Å². The number of nitrogens with zero attached hydrogens (tertiary/aromatic N) is 2. The summed E-state index contributed by atoms with van der Waals surface area (Å²) in [6.45, 7) is 0. The van der Waals surface area contributed by atoms with E-state index in [-0.39, 0.29) is 6.10 Å². The van der Waals surface area contributed by atoms with E-state index in [1.165, 1.54) is 18.4 Å². The minimum atomic E-state index is -0.153. The SMILES string of the molecule is COc1ccc(-c2nc3c(c(NC4CCC(O)CC4)n2)CCCC3)cc1OC.